The Kier molecular flexibility index (Phi) is 2.86. The van der Waals surface area contributed by atoms with E-state index in [-0.39, 0.29) is 22.8 Å². The van der Waals surface area contributed by atoms with Gasteiger partial charge in [0.15, 0.2) is 5.78 Å². The van der Waals surface area contributed by atoms with E-state index in [1.54, 1.807) is 0 Å². The summed E-state index contributed by atoms with van der Waals surface area (Å²) >= 11 is 1.82. The topological polar surface area (TPSA) is 17.1 Å². The van der Waals surface area contributed by atoms with Crippen LogP contribution in [-0.4, -0.2) is 26.7 Å². The van der Waals surface area contributed by atoms with E-state index in [0.29, 0.717) is 5.47 Å². The maximum Gasteiger partial charge on any atom is 0.167 e. The van der Waals surface area contributed by atoms with Crippen LogP contribution in [0, 0.1) is 5.92 Å². The maximum atomic E-state index is 12.4. The molecule has 1 nitrogen and oxygen atoms in total. The number of hydrogen-bond donors (Lipinski definition) is 0. The summed E-state index contributed by atoms with van der Waals surface area (Å²) in [7, 11) is 11.7. The molecule has 1 heterocycles. The summed E-state index contributed by atoms with van der Waals surface area (Å²) in [6, 6.07) is 0. The third-order valence-corrected chi connectivity index (χ3v) is 5.09. The predicted octanol–water partition coefficient (Wildman–Crippen LogP) is 2.30. The zero-order valence-electron chi connectivity index (χ0n) is 9.56. The largest absolute Gasteiger partial charge is 0.294 e. The number of allylic oxidation sites excluding steroid dienone is 5. The fourth-order valence-electron chi connectivity index (χ4n) is 2.70. The van der Waals surface area contributed by atoms with Crippen LogP contribution in [0.5, 0.6) is 0 Å². The first-order chi connectivity index (χ1) is 8.15. The fourth-order valence-corrected chi connectivity index (χ4v) is 4.10. The van der Waals surface area contributed by atoms with Crippen molar-refractivity contribution in [2.24, 2.45) is 5.92 Å². The average molecular weight is 238 g/mol. The molecule has 0 N–H and O–H groups in total. The highest BCUT2D eigenvalue weighted by Gasteiger charge is 2.37. The number of carbonyl (C=O) groups excluding carboxylic acids is 1. The normalized spacial score (nSPS) is 36.4. The number of hydrogen-bond acceptors (Lipinski definition) is 2. The lowest BCUT2D eigenvalue weighted by atomic mass is 9.72. The second-order valence-corrected chi connectivity index (χ2v) is 6.18. The van der Waals surface area contributed by atoms with E-state index >= 15 is 0 Å². The van der Waals surface area contributed by atoms with Gasteiger partial charge in [0.1, 0.15) is 7.85 Å². The summed E-state index contributed by atoms with van der Waals surface area (Å²) in [5, 5.41) is 0.239. The van der Waals surface area contributed by atoms with Crippen molar-refractivity contribution in [3.63, 3.8) is 0 Å². The number of ketones is 1. The standard InChI is InChI=1S/C13H12B2OS/c14-7-1-3-11-9(5-7)13(16)10-6-8(15)2-4-12(10)17-11/h1,3,5,8-9,11H,2,4,6H2. The highest BCUT2D eigenvalue weighted by atomic mass is 32.2. The Morgan fingerprint density at radius 1 is 1.41 bits per heavy atom. The summed E-state index contributed by atoms with van der Waals surface area (Å²) in [6.45, 7) is 0. The number of Topliss-reactive ketones (excluding diaryl/α,β-unsaturated/α-hetero) is 1. The molecule has 3 atom stereocenters. The molecule has 0 fully saturated rings. The molecule has 82 valence electrons. The van der Waals surface area contributed by atoms with Crippen LogP contribution in [0.3, 0.4) is 0 Å². The van der Waals surface area contributed by atoms with Crippen LogP contribution >= 0.6 is 11.8 Å². The predicted molar refractivity (Wildman–Crippen MR) is 73.2 cm³/mol. The Bertz CT molecular complexity index is 464. The molecule has 1 aliphatic heterocycles. The number of rotatable bonds is 0. The van der Waals surface area contributed by atoms with Gasteiger partial charge in [-0.2, -0.15) is 0 Å². The molecule has 0 aromatic heterocycles. The smallest absolute Gasteiger partial charge is 0.167 e. The Labute approximate surface area is 109 Å². The molecule has 0 saturated carbocycles. The van der Waals surface area contributed by atoms with E-state index in [1.165, 1.54) is 4.91 Å². The van der Waals surface area contributed by atoms with Gasteiger partial charge in [0, 0.05) is 10.8 Å². The second-order valence-electron chi connectivity index (χ2n) is 4.90. The Morgan fingerprint density at radius 2 is 2.24 bits per heavy atom. The van der Waals surface area contributed by atoms with Crippen molar-refractivity contribution in [2.45, 2.75) is 30.3 Å². The van der Waals surface area contributed by atoms with Crippen molar-refractivity contribution in [3.8, 4) is 0 Å². The van der Waals surface area contributed by atoms with Gasteiger partial charge in [-0.1, -0.05) is 30.5 Å². The van der Waals surface area contributed by atoms with Gasteiger partial charge in [-0.25, -0.2) is 0 Å². The zero-order valence-corrected chi connectivity index (χ0v) is 10.4. The second kappa shape index (κ2) is 4.24. The van der Waals surface area contributed by atoms with Gasteiger partial charge in [0.25, 0.3) is 0 Å². The molecular weight excluding hydrogens is 226 g/mol. The van der Waals surface area contributed by atoms with Crippen LogP contribution in [0.4, 0.5) is 0 Å². The molecule has 4 heteroatoms. The van der Waals surface area contributed by atoms with Crippen molar-refractivity contribution in [2.75, 3.05) is 0 Å². The molecule has 0 amide bonds. The zero-order chi connectivity index (χ0) is 12.0. The summed E-state index contributed by atoms with van der Waals surface area (Å²) < 4.78 is 0. The van der Waals surface area contributed by atoms with Gasteiger partial charge in [0.05, 0.1) is 13.8 Å². The third-order valence-electron chi connectivity index (χ3n) is 3.63. The van der Waals surface area contributed by atoms with E-state index in [4.69, 9.17) is 15.7 Å². The van der Waals surface area contributed by atoms with Gasteiger partial charge in [0.2, 0.25) is 0 Å². The van der Waals surface area contributed by atoms with Crippen molar-refractivity contribution in [1.29, 1.82) is 0 Å². The Morgan fingerprint density at radius 3 is 3.06 bits per heavy atom. The highest BCUT2D eigenvalue weighted by molar-refractivity contribution is 8.04. The minimum Gasteiger partial charge on any atom is -0.294 e. The minimum atomic E-state index is -0.0750. The summed E-state index contributed by atoms with van der Waals surface area (Å²) in [5.41, 5.74) is 1.67. The average Bonchev–Trinajstić information content (AvgIpc) is 2.32. The van der Waals surface area contributed by atoms with Crippen molar-refractivity contribution < 1.29 is 4.79 Å². The van der Waals surface area contributed by atoms with Crippen LogP contribution in [0.1, 0.15) is 19.3 Å². The summed E-state index contributed by atoms with van der Waals surface area (Å²) in [4.78, 5) is 13.7. The quantitative estimate of drug-likeness (QED) is 0.602. The molecular formula is C13H12B2OS. The minimum absolute atomic E-state index is 0.0750. The summed E-state index contributed by atoms with van der Waals surface area (Å²) in [5.74, 6) is 0.315. The molecule has 0 aromatic carbocycles. The maximum absolute atomic E-state index is 12.4. The monoisotopic (exact) mass is 238 g/mol. The van der Waals surface area contributed by atoms with E-state index in [9.17, 15) is 4.79 Å². The van der Waals surface area contributed by atoms with E-state index in [0.717, 1.165) is 24.8 Å². The molecule has 3 rings (SSSR count). The summed E-state index contributed by atoms with van der Waals surface area (Å²) in [6.07, 6.45) is 8.55. The van der Waals surface area contributed by atoms with Crippen LogP contribution < -0.4 is 0 Å². The molecule has 0 saturated heterocycles. The first-order valence-electron chi connectivity index (χ1n) is 5.99. The van der Waals surface area contributed by atoms with Crippen molar-refractivity contribution in [3.05, 3.63) is 34.2 Å². The van der Waals surface area contributed by atoms with Gasteiger partial charge < -0.3 is 0 Å². The number of thioether (sulfide) groups is 1. The molecule has 17 heavy (non-hydrogen) atoms. The van der Waals surface area contributed by atoms with Gasteiger partial charge >= 0.3 is 0 Å². The lowest BCUT2D eigenvalue weighted by molar-refractivity contribution is -0.118. The number of carbonyl (C=O) groups is 1. The molecule has 0 spiro atoms. The SMILES string of the molecule is [B]C1=CC2C(=O)C3=C(CCC([B])C3)SC2C=C1. The van der Waals surface area contributed by atoms with Crippen LogP contribution in [0.15, 0.2) is 34.2 Å². The lowest BCUT2D eigenvalue weighted by Crippen LogP contribution is -2.32. The van der Waals surface area contributed by atoms with E-state index in [2.05, 4.69) is 6.08 Å². The molecule has 0 bridgehead atoms. The van der Waals surface area contributed by atoms with Crippen molar-refractivity contribution in [1.82, 2.24) is 0 Å². The van der Waals surface area contributed by atoms with Crippen LogP contribution in [-0.2, 0) is 4.79 Å². The molecule has 2 aliphatic carbocycles. The van der Waals surface area contributed by atoms with Crippen LogP contribution in [0.2, 0.25) is 5.82 Å². The van der Waals surface area contributed by atoms with Crippen molar-refractivity contribution >= 4 is 33.2 Å². The molecule has 4 radical (unpaired) electrons. The lowest BCUT2D eigenvalue weighted by Gasteiger charge is -2.35. The van der Waals surface area contributed by atoms with E-state index < -0.39 is 0 Å². The first kappa shape index (κ1) is 11.5. The van der Waals surface area contributed by atoms with E-state index in [1.807, 2.05) is 23.9 Å². The third kappa shape index (κ3) is 1.97. The fraction of sp³-hybridized carbons (Fsp3) is 0.462. The first-order valence-corrected chi connectivity index (χ1v) is 6.87. The van der Waals surface area contributed by atoms with Gasteiger partial charge in [-0.3, -0.25) is 4.79 Å². The van der Waals surface area contributed by atoms with Gasteiger partial charge in [-0.15, -0.1) is 17.2 Å². The molecule has 0 aromatic rings. The molecule has 3 unspecified atom stereocenters. The number of fused-ring (bicyclic) bond motifs is 1. The Hall–Kier alpha value is -0.630. The molecule has 3 aliphatic rings. The Balaban J connectivity index is 1.96. The highest BCUT2D eigenvalue weighted by Crippen LogP contribution is 2.47. The van der Waals surface area contributed by atoms with Gasteiger partial charge in [-0.05, 0) is 17.7 Å². The van der Waals surface area contributed by atoms with Crippen LogP contribution in [0.25, 0.3) is 0 Å².